The molecule has 0 saturated carbocycles. The Hall–Kier alpha value is -2.23. The molecule has 0 amide bonds. The molecule has 4 heteroatoms. The Bertz CT molecular complexity index is 707. The van der Waals surface area contributed by atoms with Crippen LogP contribution in [0.5, 0.6) is 0 Å². The van der Waals surface area contributed by atoms with Gasteiger partial charge in [-0.3, -0.25) is 0 Å². The predicted octanol–water partition coefficient (Wildman–Crippen LogP) is 5.17. The molecule has 0 aliphatic heterocycles. The number of rotatable bonds is 9. The zero-order chi connectivity index (χ0) is 18.1. The molecule has 0 aliphatic rings. The van der Waals surface area contributed by atoms with Gasteiger partial charge >= 0.3 is 0 Å². The van der Waals surface area contributed by atoms with Crippen molar-refractivity contribution in [3.63, 3.8) is 0 Å². The summed E-state index contributed by atoms with van der Waals surface area (Å²) in [5, 5.41) is 4.50. The summed E-state index contributed by atoms with van der Waals surface area (Å²) in [7, 11) is 0. The van der Waals surface area contributed by atoms with Crippen molar-refractivity contribution in [2.45, 2.75) is 66.2 Å². The number of unbranched alkanes of at least 4 members (excludes halogenated alkanes) is 1. The second-order valence-electron chi connectivity index (χ2n) is 6.39. The van der Waals surface area contributed by atoms with Crippen molar-refractivity contribution in [2.24, 2.45) is 5.10 Å². The zero-order valence-corrected chi connectivity index (χ0v) is 16.0. The van der Waals surface area contributed by atoms with Gasteiger partial charge in [0.2, 0.25) is 5.95 Å². The summed E-state index contributed by atoms with van der Waals surface area (Å²) in [5.74, 6) is 0.587. The third-order valence-corrected chi connectivity index (χ3v) is 4.19. The number of hydrogen-bond acceptors (Lipinski definition) is 4. The summed E-state index contributed by atoms with van der Waals surface area (Å²) in [6.45, 7) is 8.51. The number of hydrazone groups is 1. The van der Waals surface area contributed by atoms with Crippen LogP contribution in [0.1, 0.15) is 69.5 Å². The van der Waals surface area contributed by atoms with E-state index in [0.717, 1.165) is 48.3 Å². The molecule has 0 atom stereocenters. The number of benzene rings is 1. The van der Waals surface area contributed by atoms with Gasteiger partial charge in [-0.2, -0.15) is 5.10 Å². The fraction of sp³-hybridized carbons (Fsp3) is 0.476. The first-order chi connectivity index (χ1) is 12.2. The number of anilines is 1. The molecule has 1 aromatic carbocycles. The third-order valence-electron chi connectivity index (χ3n) is 4.19. The maximum atomic E-state index is 4.57. The highest BCUT2D eigenvalue weighted by Crippen LogP contribution is 2.12. The molecule has 1 heterocycles. The molecular formula is C21H30N4. The van der Waals surface area contributed by atoms with Crippen molar-refractivity contribution < 1.29 is 0 Å². The van der Waals surface area contributed by atoms with E-state index in [1.807, 2.05) is 6.92 Å². The SMILES string of the molecule is CCCCc1cccc(C(C)=NNc2nc(CC)cc(CCC)n2)c1. The van der Waals surface area contributed by atoms with Gasteiger partial charge < -0.3 is 0 Å². The minimum absolute atomic E-state index is 0.587. The van der Waals surface area contributed by atoms with Gasteiger partial charge in [0, 0.05) is 11.4 Å². The minimum atomic E-state index is 0.587. The highest BCUT2D eigenvalue weighted by molar-refractivity contribution is 5.99. The maximum absolute atomic E-state index is 4.57. The van der Waals surface area contributed by atoms with Gasteiger partial charge in [-0.15, -0.1) is 0 Å². The summed E-state index contributed by atoms with van der Waals surface area (Å²) < 4.78 is 0. The van der Waals surface area contributed by atoms with Crippen LogP contribution >= 0.6 is 0 Å². The molecule has 0 saturated heterocycles. The fourth-order valence-electron chi connectivity index (χ4n) is 2.70. The number of aromatic nitrogens is 2. The lowest BCUT2D eigenvalue weighted by atomic mass is 10.0. The Kier molecular flexibility index (Phi) is 7.58. The van der Waals surface area contributed by atoms with E-state index in [2.05, 4.69) is 71.6 Å². The minimum Gasteiger partial charge on any atom is -0.245 e. The highest BCUT2D eigenvalue weighted by atomic mass is 15.4. The Labute approximate surface area is 151 Å². The standard InChI is InChI=1S/C21H30N4/c1-5-8-11-17-12-9-13-18(14-17)16(4)24-25-21-22-19(7-3)15-20(23-21)10-6-2/h9,12-15H,5-8,10-11H2,1-4H3,(H,22,23,25). The summed E-state index contributed by atoms with van der Waals surface area (Å²) in [4.78, 5) is 9.09. The zero-order valence-electron chi connectivity index (χ0n) is 16.0. The Balaban J connectivity index is 2.14. The molecule has 1 N–H and O–H groups in total. The van der Waals surface area contributed by atoms with Crippen LogP contribution in [0.25, 0.3) is 0 Å². The lowest BCUT2D eigenvalue weighted by molar-refractivity contribution is 0.795. The van der Waals surface area contributed by atoms with Crippen LogP contribution in [0.4, 0.5) is 5.95 Å². The van der Waals surface area contributed by atoms with E-state index in [-0.39, 0.29) is 0 Å². The highest BCUT2D eigenvalue weighted by Gasteiger charge is 2.04. The molecule has 0 fully saturated rings. The smallest absolute Gasteiger partial charge is 0.243 e. The number of nitrogens with one attached hydrogen (secondary N) is 1. The van der Waals surface area contributed by atoms with Gasteiger partial charge in [0.1, 0.15) is 0 Å². The quantitative estimate of drug-likeness (QED) is 0.507. The van der Waals surface area contributed by atoms with Crippen molar-refractivity contribution in [3.05, 3.63) is 52.8 Å². The van der Waals surface area contributed by atoms with Gasteiger partial charge in [-0.05, 0) is 55.9 Å². The van der Waals surface area contributed by atoms with Crippen LogP contribution in [0.15, 0.2) is 35.4 Å². The lowest BCUT2D eigenvalue weighted by Crippen LogP contribution is -2.06. The van der Waals surface area contributed by atoms with E-state index in [1.165, 1.54) is 18.4 Å². The van der Waals surface area contributed by atoms with Gasteiger partial charge in [0.15, 0.2) is 0 Å². The Morgan fingerprint density at radius 3 is 2.52 bits per heavy atom. The second-order valence-corrected chi connectivity index (χ2v) is 6.39. The van der Waals surface area contributed by atoms with E-state index in [1.54, 1.807) is 0 Å². The molecule has 0 radical (unpaired) electrons. The van der Waals surface area contributed by atoms with Gasteiger partial charge in [-0.25, -0.2) is 15.4 Å². The topological polar surface area (TPSA) is 50.2 Å². The molecule has 0 aliphatic carbocycles. The molecule has 25 heavy (non-hydrogen) atoms. The first kappa shape index (κ1) is 19.1. The van der Waals surface area contributed by atoms with E-state index in [0.29, 0.717) is 5.95 Å². The maximum Gasteiger partial charge on any atom is 0.243 e. The third kappa shape index (κ3) is 5.96. The summed E-state index contributed by atoms with van der Waals surface area (Å²) in [6, 6.07) is 10.7. The second kappa shape index (κ2) is 9.92. The van der Waals surface area contributed by atoms with E-state index in [9.17, 15) is 0 Å². The normalized spacial score (nSPS) is 11.6. The van der Waals surface area contributed by atoms with Crippen molar-refractivity contribution >= 4 is 11.7 Å². The van der Waals surface area contributed by atoms with E-state index >= 15 is 0 Å². The summed E-state index contributed by atoms with van der Waals surface area (Å²) in [5.41, 5.74) is 8.62. The Morgan fingerprint density at radius 2 is 1.80 bits per heavy atom. The van der Waals surface area contributed by atoms with Crippen molar-refractivity contribution in [2.75, 3.05) is 5.43 Å². The molecule has 1 aromatic heterocycles. The van der Waals surface area contributed by atoms with Crippen molar-refractivity contribution in [3.8, 4) is 0 Å². The van der Waals surface area contributed by atoms with E-state index < -0.39 is 0 Å². The lowest BCUT2D eigenvalue weighted by Gasteiger charge is -2.08. The molecule has 4 nitrogen and oxygen atoms in total. The van der Waals surface area contributed by atoms with Gasteiger partial charge in [-0.1, -0.05) is 51.8 Å². The first-order valence-electron chi connectivity index (χ1n) is 9.42. The van der Waals surface area contributed by atoms with Crippen LogP contribution in [-0.2, 0) is 19.3 Å². The van der Waals surface area contributed by atoms with Crippen LogP contribution in [0.2, 0.25) is 0 Å². The largest absolute Gasteiger partial charge is 0.245 e. The molecule has 2 aromatic rings. The average Bonchev–Trinajstić information content (AvgIpc) is 2.64. The molecule has 0 bridgehead atoms. The monoisotopic (exact) mass is 338 g/mol. The van der Waals surface area contributed by atoms with Gasteiger partial charge in [0.25, 0.3) is 0 Å². The molecule has 0 spiro atoms. The molecular weight excluding hydrogens is 308 g/mol. The summed E-state index contributed by atoms with van der Waals surface area (Å²) >= 11 is 0. The number of hydrogen-bond donors (Lipinski definition) is 1. The van der Waals surface area contributed by atoms with Crippen LogP contribution in [0.3, 0.4) is 0 Å². The van der Waals surface area contributed by atoms with E-state index in [4.69, 9.17) is 0 Å². The number of nitrogens with zero attached hydrogens (tertiary/aromatic N) is 3. The Morgan fingerprint density at radius 1 is 1.00 bits per heavy atom. The van der Waals surface area contributed by atoms with Crippen molar-refractivity contribution in [1.29, 1.82) is 0 Å². The van der Waals surface area contributed by atoms with Crippen LogP contribution in [-0.4, -0.2) is 15.7 Å². The van der Waals surface area contributed by atoms with Gasteiger partial charge in [0.05, 0.1) is 5.71 Å². The van der Waals surface area contributed by atoms with Crippen molar-refractivity contribution in [1.82, 2.24) is 9.97 Å². The molecule has 0 unspecified atom stereocenters. The van der Waals surface area contributed by atoms with Crippen LogP contribution < -0.4 is 5.43 Å². The number of aryl methyl sites for hydroxylation is 3. The first-order valence-corrected chi connectivity index (χ1v) is 9.42. The molecule has 134 valence electrons. The average molecular weight is 338 g/mol. The summed E-state index contributed by atoms with van der Waals surface area (Å²) in [6.07, 6.45) is 6.49. The van der Waals surface area contributed by atoms with Crippen LogP contribution in [0, 0.1) is 0 Å². The predicted molar refractivity (Wildman–Crippen MR) is 106 cm³/mol. The fourth-order valence-corrected chi connectivity index (χ4v) is 2.70. The molecule has 2 rings (SSSR count).